The van der Waals surface area contributed by atoms with Gasteiger partial charge in [-0.2, -0.15) is 0 Å². The van der Waals surface area contributed by atoms with Crippen LogP contribution in [0.3, 0.4) is 0 Å². The zero-order chi connectivity index (χ0) is 8.98. The van der Waals surface area contributed by atoms with Crippen LogP contribution in [0.5, 0.6) is 0 Å². The van der Waals surface area contributed by atoms with Crippen LogP contribution in [-0.2, 0) is 11.2 Å². The highest BCUT2D eigenvalue weighted by atomic mass is 16.4. The van der Waals surface area contributed by atoms with Gasteiger partial charge in [0.1, 0.15) is 11.2 Å². The van der Waals surface area contributed by atoms with Gasteiger partial charge in [-0.1, -0.05) is 24.3 Å². The summed E-state index contributed by atoms with van der Waals surface area (Å²) in [6, 6.07) is 7.41. The van der Waals surface area contributed by atoms with Crippen molar-refractivity contribution in [1.82, 2.24) is 0 Å². The molecule has 0 saturated carbocycles. The highest BCUT2D eigenvalue weighted by Gasteiger charge is 2.55. The van der Waals surface area contributed by atoms with Gasteiger partial charge in [-0.15, -0.1) is 0 Å². The number of hydrogen-bond donors (Lipinski definition) is 2. The van der Waals surface area contributed by atoms with Gasteiger partial charge in [0, 0.05) is 0 Å². The van der Waals surface area contributed by atoms with Gasteiger partial charge in [-0.25, -0.2) is 0 Å². The number of hydrogen-bond acceptors (Lipinski definition) is 2. The second-order valence-electron chi connectivity index (χ2n) is 3.69. The Kier molecular flexibility index (Phi) is 1.23. The maximum Gasteiger partial charge on any atom is 0.120 e. The molecule has 0 saturated heterocycles. The van der Waals surface area contributed by atoms with E-state index < -0.39 is 11.2 Å². The van der Waals surface area contributed by atoms with E-state index in [2.05, 4.69) is 0 Å². The Morgan fingerprint density at radius 3 is 1.58 bits per heavy atom. The summed E-state index contributed by atoms with van der Waals surface area (Å²) in [5.41, 5.74) is -0.530. The minimum absolute atomic E-state index is 0.829. The Labute approximate surface area is 71.5 Å². The molecule has 2 atom stereocenters. The van der Waals surface area contributed by atoms with E-state index in [9.17, 15) is 10.2 Å². The Bertz CT molecular complexity index is 293. The molecule has 0 amide bonds. The second kappa shape index (κ2) is 1.90. The first-order valence-corrected chi connectivity index (χ1v) is 4.02. The molecule has 2 N–H and O–H groups in total. The van der Waals surface area contributed by atoms with Gasteiger partial charge < -0.3 is 10.2 Å². The molecule has 0 unspecified atom stereocenters. The molecule has 64 valence electrons. The summed E-state index contributed by atoms with van der Waals surface area (Å²) in [7, 11) is 0. The van der Waals surface area contributed by atoms with E-state index in [0.717, 1.165) is 11.1 Å². The van der Waals surface area contributed by atoms with Crippen molar-refractivity contribution in [3.05, 3.63) is 35.4 Å². The number of rotatable bonds is 0. The van der Waals surface area contributed by atoms with Crippen molar-refractivity contribution >= 4 is 0 Å². The first-order chi connectivity index (χ1) is 5.48. The molecule has 0 aromatic heterocycles. The lowest BCUT2D eigenvalue weighted by atomic mass is 9.62. The SMILES string of the molecule is C[C@]1(O)c2ccccc2[C@@]1(C)O. The second-order valence-corrected chi connectivity index (χ2v) is 3.69. The molecule has 12 heavy (non-hydrogen) atoms. The molecule has 2 nitrogen and oxygen atoms in total. The molecular formula is C10H12O2. The first-order valence-electron chi connectivity index (χ1n) is 4.02. The summed E-state index contributed by atoms with van der Waals surface area (Å²) in [4.78, 5) is 0. The van der Waals surface area contributed by atoms with E-state index in [1.807, 2.05) is 24.3 Å². The summed E-state index contributed by atoms with van der Waals surface area (Å²) in [5, 5.41) is 19.7. The van der Waals surface area contributed by atoms with Crippen LogP contribution in [0.25, 0.3) is 0 Å². The van der Waals surface area contributed by atoms with Crippen LogP contribution in [0.2, 0.25) is 0 Å². The summed E-state index contributed by atoms with van der Waals surface area (Å²) in [6.45, 7) is 3.27. The summed E-state index contributed by atoms with van der Waals surface area (Å²) >= 11 is 0. The van der Waals surface area contributed by atoms with Crippen molar-refractivity contribution in [2.75, 3.05) is 0 Å². The maximum atomic E-state index is 9.84. The molecule has 0 heterocycles. The molecule has 2 rings (SSSR count). The fourth-order valence-electron chi connectivity index (χ4n) is 1.79. The molecule has 0 spiro atoms. The Hall–Kier alpha value is -0.860. The molecule has 1 aliphatic rings. The molecule has 1 aliphatic carbocycles. The Balaban J connectivity index is 2.64. The monoisotopic (exact) mass is 164 g/mol. The van der Waals surface area contributed by atoms with Gasteiger partial charge in [0.25, 0.3) is 0 Å². The molecule has 1 aromatic rings. The molecular weight excluding hydrogens is 152 g/mol. The zero-order valence-corrected chi connectivity index (χ0v) is 7.20. The van der Waals surface area contributed by atoms with Gasteiger partial charge >= 0.3 is 0 Å². The van der Waals surface area contributed by atoms with Crippen molar-refractivity contribution in [1.29, 1.82) is 0 Å². The molecule has 0 fully saturated rings. The van der Waals surface area contributed by atoms with Crippen molar-refractivity contribution in [2.24, 2.45) is 0 Å². The quantitative estimate of drug-likeness (QED) is 0.603. The smallest absolute Gasteiger partial charge is 0.120 e. The first kappa shape index (κ1) is 7.77. The highest BCUT2D eigenvalue weighted by molar-refractivity contribution is 5.48. The third-order valence-electron chi connectivity index (χ3n) is 2.92. The fourth-order valence-corrected chi connectivity index (χ4v) is 1.79. The summed E-state index contributed by atoms with van der Waals surface area (Å²) < 4.78 is 0. The fraction of sp³-hybridized carbons (Fsp3) is 0.400. The highest BCUT2D eigenvalue weighted by Crippen LogP contribution is 2.52. The minimum Gasteiger partial charge on any atom is -0.382 e. The van der Waals surface area contributed by atoms with Gasteiger partial charge in [-0.3, -0.25) is 0 Å². The van der Waals surface area contributed by atoms with Crippen LogP contribution in [0.4, 0.5) is 0 Å². The molecule has 0 aliphatic heterocycles. The average molecular weight is 164 g/mol. The summed E-state index contributed by atoms with van der Waals surface area (Å²) in [6.07, 6.45) is 0. The predicted octanol–water partition coefficient (Wildman–Crippen LogP) is 1.12. The number of fused-ring (bicyclic) bond motifs is 1. The van der Waals surface area contributed by atoms with Gasteiger partial charge in [0.05, 0.1) is 0 Å². The lowest BCUT2D eigenvalue weighted by molar-refractivity contribution is -0.173. The van der Waals surface area contributed by atoms with Crippen molar-refractivity contribution < 1.29 is 10.2 Å². The van der Waals surface area contributed by atoms with Gasteiger partial charge in [0.2, 0.25) is 0 Å². The number of benzene rings is 1. The molecule has 2 heteroatoms. The predicted molar refractivity (Wildman–Crippen MR) is 45.6 cm³/mol. The van der Waals surface area contributed by atoms with Crippen molar-refractivity contribution in [3.63, 3.8) is 0 Å². The van der Waals surface area contributed by atoms with Crippen LogP contribution < -0.4 is 0 Å². The maximum absolute atomic E-state index is 9.84. The molecule has 1 aromatic carbocycles. The van der Waals surface area contributed by atoms with E-state index in [4.69, 9.17) is 0 Å². The van der Waals surface area contributed by atoms with E-state index in [0.29, 0.717) is 0 Å². The van der Waals surface area contributed by atoms with Crippen LogP contribution in [0.15, 0.2) is 24.3 Å². The van der Waals surface area contributed by atoms with E-state index in [1.165, 1.54) is 0 Å². The average Bonchev–Trinajstić information content (AvgIpc) is 2.04. The van der Waals surface area contributed by atoms with Crippen molar-refractivity contribution in [3.8, 4) is 0 Å². The normalized spacial score (nSPS) is 38.7. The third-order valence-corrected chi connectivity index (χ3v) is 2.92. The van der Waals surface area contributed by atoms with E-state index in [1.54, 1.807) is 13.8 Å². The van der Waals surface area contributed by atoms with Crippen LogP contribution in [-0.4, -0.2) is 10.2 Å². The minimum atomic E-state index is -1.09. The van der Waals surface area contributed by atoms with Gasteiger partial charge in [-0.05, 0) is 25.0 Å². The lowest BCUT2D eigenvalue weighted by Crippen LogP contribution is -2.54. The van der Waals surface area contributed by atoms with Crippen molar-refractivity contribution in [2.45, 2.75) is 25.0 Å². The standard InChI is InChI=1S/C10H12O2/c1-9(11)7-5-3-4-6-8(7)10(9,2)12/h3-6,11-12H,1-2H3/t9-,10+. The third kappa shape index (κ3) is 0.625. The van der Waals surface area contributed by atoms with E-state index >= 15 is 0 Å². The van der Waals surface area contributed by atoms with Crippen LogP contribution in [0.1, 0.15) is 25.0 Å². The topological polar surface area (TPSA) is 40.5 Å². The zero-order valence-electron chi connectivity index (χ0n) is 7.20. The largest absolute Gasteiger partial charge is 0.382 e. The Morgan fingerprint density at radius 1 is 0.917 bits per heavy atom. The van der Waals surface area contributed by atoms with Gasteiger partial charge in [0.15, 0.2) is 0 Å². The molecule has 0 radical (unpaired) electrons. The van der Waals surface area contributed by atoms with Crippen LogP contribution in [0, 0.1) is 0 Å². The van der Waals surface area contributed by atoms with Crippen LogP contribution >= 0.6 is 0 Å². The lowest BCUT2D eigenvalue weighted by Gasteiger charge is -2.50. The Morgan fingerprint density at radius 2 is 1.25 bits per heavy atom. The molecule has 0 bridgehead atoms. The number of aliphatic hydroxyl groups is 2. The van der Waals surface area contributed by atoms with E-state index in [-0.39, 0.29) is 0 Å². The summed E-state index contributed by atoms with van der Waals surface area (Å²) in [5.74, 6) is 0.